The van der Waals surface area contributed by atoms with Gasteiger partial charge in [-0.3, -0.25) is 6.29 Å². The minimum Gasteiger partial charge on any atom is -0.542 e. The van der Waals surface area contributed by atoms with Crippen LogP contribution in [0.2, 0.25) is 0 Å². The second-order valence-corrected chi connectivity index (χ2v) is 2.41. The zero-order chi connectivity index (χ0) is 7.66. The molecule has 0 unspecified atom stereocenters. The Hall–Kier alpha value is 0.318. The first-order valence-corrected chi connectivity index (χ1v) is 3.91. The Morgan fingerprint density at radius 3 is 2.36 bits per heavy atom. The maximum Gasteiger partial charge on any atom is 0 e. The average molecular weight is 326 g/mol. The molecule has 1 N–H and O–H groups in total. The predicted molar refractivity (Wildman–Crippen MR) is 42.7 cm³/mol. The molecular formula is C8H16NOW-. The number of unbranched alkanes of at least 4 members (excludes halogenated alkanes) is 4. The largest absolute Gasteiger partial charge is 0.542 e. The van der Waals surface area contributed by atoms with Crippen LogP contribution in [0.4, 0.5) is 0 Å². The fourth-order valence-electron chi connectivity index (χ4n) is 0.852. The van der Waals surface area contributed by atoms with E-state index in [2.05, 4.69) is 5.32 Å². The molecule has 2 nitrogen and oxygen atoms in total. The van der Waals surface area contributed by atoms with Crippen molar-refractivity contribution < 1.29 is 25.9 Å². The van der Waals surface area contributed by atoms with Gasteiger partial charge in [0.15, 0.2) is 0 Å². The summed E-state index contributed by atoms with van der Waals surface area (Å²) in [6.45, 7) is 1.09. The Morgan fingerprint density at radius 1 is 1.18 bits per heavy atom. The quantitative estimate of drug-likeness (QED) is 0.564. The minimum atomic E-state index is 0. The zero-order valence-electron chi connectivity index (χ0n) is 7.06. The van der Waals surface area contributed by atoms with Crippen LogP contribution in [-0.4, -0.2) is 19.9 Å². The van der Waals surface area contributed by atoms with Crippen molar-refractivity contribution in [3.8, 4) is 0 Å². The van der Waals surface area contributed by atoms with Crippen LogP contribution < -0.4 is 5.32 Å². The Labute approximate surface area is 83.4 Å². The van der Waals surface area contributed by atoms with E-state index >= 15 is 0 Å². The number of hydrogen-bond donors (Lipinski definition) is 1. The first kappa shape index (κ1) is 13.9. The fourth-order valence-corrected chi connectivity index (χ4v) is 0.852. The van der Waals surface area contributed by atoms with E-state index in [0.29, 0.717) is 6.42 Å². The molecule has 0 heterocycles. The molecule has 0 radical (unpaired) electrons. The molecule has 0 atom stereocenters. The topological polar surface area (TPSA) is 29.1 Å². The van der Waals surface area contributed by atoms with Crippen LogP contribution in [0.15, 0.2) is 0 Å². The first-order chi connectivity index (χ1) is 4.91. The van der Waals surface area contributed by atoms with Gasteiger partial charge < -0.3 is 10.1 Å². The summed E-state index contributed by atoms with van der Waals surface area (Å²) in [5.74, 6) is 0. The van der Waals surface area contributed by atoms with Gasteiger partial charge in [0.25, 0.3) is 0 Å². The van der Waals surface area contributed by atoms with Crippen molar-refractivity contribution in [2.45, 2.75) is 32.1 Å². The van der Waals surface area contributed by atoms with E-state index in [0.717, 1.165) is 19.4 Å². The van der Waals surface area contributed by atoms with Crippen molar-refractivity contribution in [1.29, 1.82) is 0 Å². The number of rotatable bonds is 7. The molecule has 0 aromatic rings. The van der Waals surface area contributed by atoms with E-state index in [1.54, 1.807) is 0 Å². The molecule has 0 aromatic heterocycles. The van der Waals surface area contributed by atoms with E-state index in [9.17, 15) is 4.79 Å². The van der Waals surface area contributed by atoms with E-state index in [1.165, 1.54) is 12.8 Å². The van der Waals surface area contributed by atoms with E-state index in [-0.39, 0.29) is 21.1 Å². The zero-order valence-corrected chi connectivity index (χ0v) is 9.99. The third-order valence-electron chi connectivity index (χ3n) is 1.46. The van der Waals surface area contributed by atoms with Crippen LogP contribution >= 0.6 is 0 Å². The van der Waals surface area contributed by atoms with Crippen LogP contribution in [0.5, 0.6) is 0 Å². The molecule has 0 aromatic carbocycles. The SMILES string of the molecule is CNCCCCCC[C-]=O.[W]. The Morgan fingerprint density at radius 2 is 1.82 bits per heavy atom. The third-order valence-corrected chi connectivity index (χ3v) is 1.46. The maximum atomic E-state index is 9.76. The standard InChI is InChI=1S/C8H16NO.W/c1-9-7-5-3-2-4-6-8-10;/h9H,2-7H2,1H3;/q-1;. The molecule has 0 aliphatic rings. The normalized spacial score (nSPS) is 8.82. The summed E-state index contributed by atoms with van der Waals surface area (Å²) in [6, 6.07) is 0. The van der Waals surface area contributed by atoms with Crippen LogP contribution in [0.1, 0.15) is 32.1 Å². The van der Waals surface area contributed by atoms with Gasteiger partial charge in [-0.25, -0.2) is 0 Å². The fraction of sp³-hybridized carbons (Fsp3) is 0.875. The average Bonchev–Trinajstić information content (AvgIpc) is 1.97. The van der Waals surface area contributed by atoms with Crippen molar-refractivity contribution >= 4 is 6.29 Å². The molecular weight excluding hydrogens is 310 g/mol. The number of carbonyl (C=O) groups excluding carboxylic acids is 1. The van der Waals surface area contributed by atoms with Gasteiger partial charge in [-0.2, -0.15) is 6.42 Å². The summed E-state index contributed by atoms with van der Waals surface area (Å²) < 4.78 is 0. The van der Waals surface area contributed by atoms with Crippen molar-refractivity contribution in [3.63, 3.8) is 0 Å². The molecule has 0 bridgehead atoms. The molecule has 66 valence electrons. The summed E-state index contributed by atoms with van der Waals surface area (Å²) in [7, 11) is 1.96. The van der Waals surface area contributed by atoms with Crippen LogP contribution in [0.25, 0.3) is 0 Å². The van der Waals surface area contributed by atoms with Gasteiger partial charge in [-0.1, -0.05) is 19.3 Å². The van der Waals surface area contributed by atoms with Crippen LogP contribution in [0.3, 0.4) is 0 Å². The number of hydrogen-bond acceptors (Lipinski definition) is 2. The van der Waals surface area contributed by atoms with Gasteiger partial charge in [-0.05, 0) is 20.0 Å². The Bertz CT molecular complexity index is 78.5. The maximum absolute atomic E-state index is 9.76. The van der Waals surface area contributed by atoms with Gasteiger partial charge in [-0.15, -0.1) is 0 Å². The molecule has 0 spiro atoms. The van der Waals surface area contributed by atoms with Gasteiger partial charge in [0.2, 0.25) is 0 Å². The Kier molecular flexibility index (Phi) is 16.3. The van der Waals surface area contributed by atoms with Crippen LogP contribution in [-0.2, 0) is 25.9 Å². The van der Waals surface area contributed by atoms with Gasteiger partial charge >= 0.3 is 0 Å². The smallest absolute Gasteiger partial charge is 0 e. The van der Waals surface area contributed by atoms with Crippen molar-refractivity contribution in [2.75, 3.05) is 13.6 Å². The van der Waals surface area contributed by atoms with Gasteiger partial charge in [0.05, 0.1) is 0 Å². The monoisotopic (exact) mass is 326 g/mol. The second-order valence-electron chi connectivity index (χ2n) is 2.41. The summed E-state index contributed by atoms with van der Waals surface area (Å²) in [6.07, 6.45) is 7.12. The Balaban J connectivity index is 0. The molecule has 0 saturated heterocycles. The third kappa shape index (κ3) is 13.3. The molecule has 11 heavy (non-hydrogen) atoms. The summed E-state index contributed by atoms with van der Waals surface area (Å²) in [4.78, 5) is 9.76. The molecule has 0 saturated carbocycles. The minimum absolute atomic E-state index is 0. The predicted octanol–water partition coefficient (Wildman–Crippen LogP) is 1.26. The van der Waals surface area contributed by atoms with Crippen molar-refractivity contribution in [3.05, 3.63) is 0 Å². The molecule has 0 rings (SSSR count). The van der Waals surface area contributed by atoms with Gasteiger partial charge in [0.1, 0.15) is 0 Å². The summed E-state index contributed by atoms with van der Waals surface area (Å²) in [5, 5.41) is 3.08. The summed E-state index contributed by atoms with van der Waals surface area (Å²) >= 11 is 0. The van der Waals surface area contributed by atoms with Crippen molar-refractivity contribution in [2.24, 2.45) is 0 Å². The van der Waals surface area contributed by atoms with E-state index in [4.69, 9.17) is 0 Å². The molecule has 0 aliphatic carbocycles. The molecule has 0 amide bonds. The van der Waals surface area contributed by atoms with E-state index in [1.807, 2.05) is 13.3 Å². The summed E-state index contributed by atoms with van der Waals surface area (Å²) in [5.41, 5.74) is 0. The van der Waals surface area contributed by atoms with Crippen LogP contribution in [0, 0.1) is 0 Å². The molecule has 3 heteroatoms. The molecule has 0 aliphatic heterocycles. The first-order valence-electron chi connectivity index (χ1n) is 3.91. The molecule has 0 fully saturated rings. The second kappa shape index (κ2) is 12.9. The van der Waals surface area contributed by atoms with E-state index < -0.39 is 0 Å². The van der Waals surface area contributed by atoms with Gasteiger partial charge in [0, 0.05) is 21.1 Å². The van der Waals surface area contributed by atoms with Crippen molar-refractivity contribution in [1.82, 2.24) is 5.32 Å². The number of nitrogens with one attached hydrogen (secondary N) is 1.